The van der Waals surface area contributed by atoms with Crippen molar-refractivity contribution >= 4 is 28.7 Å². The first-order chi connectivity index (χ1) is 8.58. The van der Waals surface area contributed by atoms with Gasteiger partial charge in [0.1, 0.15) is 5.71 Å². The van der Waals surface area contributed by atoms with Crippen LogP contribution in [0.15, 0.2) is 22.6 Å². The fraction of sp³-hybridized carbons (Fsp3) is 0.462. The second-order valence-electron chi connectivity index (χ2n) is 4.73. The normalized spacial score (nSPS) is 16.4. The van der Waals surface area contributed by atoms with E-state index >= 15 is 0 Å². The van der Waals surface area contributed by atoms with Crippen molar-refractivity contribution in [2.24, 2.45) is 11.0 Å². The molecule has 2 rings (SSSR count). The van der Waals surface area contributed by atoms with Crippen LogP contribution in [0.25, 0.3) is 0 Å². The summed E-state index contributed by atoms with van der Waals surface area (Å²) in [6, 6.07) is 3.74. The van der Waals surface area contributed by atoms with Crippen molar-refractivity contribution in [3.63, 3.8) is 0 Å². The summed E-state index contributed by atoms with van der Waals surface area (Å²) in [4.78, 5) is 24.4. The van der Waals surface area contributed by atoms with Gasteiger partial charge in [-0.15, -0.1) is 11.3 Å². The number of rotatable bonds is 4. The van der Waals surface area contributed by atoms with Gasteiger partial charge >= 0.3 is 0 Å². The molecule has 1 aliphatic heterocycles. The van der Waals surface area contributed by atoms with Gasteiger partial charge in [-0.2, -0.15) is 5.10 Å². The summed E-state index contributed by atoms with van der Waals surface area (Å²) in [6.45, 7) is 4.78. The van der Waals surface area contributed by atoms with E-state index in [1.54, 1.807) is 0 Å². The van der Waals surface area contributed by atoms with Crippen molar-refractivity contribution in [3.8, 4) is 0 Å². The van der Waals surface area contributed by atoms with Crippen LogP contribution in [0.3, 0.4) is 0 Å². The number of hydrazone groups is 1. The molecule has 2 heterocycles. The van der Waals surface area contributed by atoms with Crippen molar-refractivity contribution in [1.82, 2.24) is 5.01 Å². The van der Waals surface area contributed by atoms with E-state index in [0.717, 1.165) is 11.3 Å². The molecule has 0 spiro atoms. The quantitative estimate of drug-likeness (QED) is 0.783. The molecule has 18 heavy (non-hydrogen) atoms. The van der Waals surface area contributed by atoms with Gasteiger partial charge in [-0.25, -0.2) is 5.01 Å². The average molecular weight is 264 g/mol. The molecule has 1 aromatic rings. The van der Waals surface area contributed by atoms with Crippen LogP contribution in [-0.2, 0) is 9.59 Å². The predicted molar refractivity (Wildman–Crippen MR) is 71.6 cm³/mol. The molecule has 0 N–H and O–H groups in total. The lowest BCUT2D eigenvalue weighted by atomic mass is 10.1. The molecule has 0 bridgehead atoms. The molecule has 0 aromatic carbocycles. The first kappa shape index (κ1) is 13.0. The van der Waals surface area contributed by atoms with E-state index in [4.69, 9.17) is 0 Å². The molecule has 96 valence electrons. The second kappa shape index (κ2) is 5.44. The number of amides is 1. The number of thiophene rings is 1. The Hall–Kier alpha value is -1.49. The van der Waals surface area contributed by atoms with Gasteiger partial charge in [-0.1, -0.05) is 19.9 Å². The largest absolute Gasteiger partial charge is 0.292 e. The summed E-state index contributed by atoms with van der Waals surface area (Å²) in [6.07, 6.45) is 0.829. The fourth-order valence-electron chi connectivity index (χ4n) is 1.70. The lowest BCUT2D eigenvalue weighted by molar-refractivity contribution is -0.135. The van der Waals surface area contributed by atoms with Crippen LogP contribution in [-0.4, -0.2) is 29.0 Å². The standard InChI is InChI=1S/C13H16N2O2S/c1-9(2)5-6-15-12(17)8-10(16)13(14-15)11-4-3-7-18-11/h3-4,7,9H,5-6,8H2,1-2H3. The zero-order valence-corrected chi connectivity index (χ0v) is 11.4. The molecule has 1 amide bonds. The number of carbonyl (C=O) groups is 2. The van der Waals surface area contributed by atoms with Gasteiger partial charge in [-0.05, 0) is 23.8 Å². The molecule has 0 fully saturated rings. The molecule has 4 nitrogen and oxygen atoms in total. The summed E-state index contributed by atoms with van der Waals surface area (Å²) < 4.78 is 0. The summed E-state index contributed by atoms with van der Waals surface area (Å²) in [5, 5.41) is 7.56. The lowest BCUT2D eigenvalue weighted by Crippen LogP contribution is -2.38. The third-order valence-electron chi connectivity index (χ3n) is 2.76. The van der Waals surface area contributed by atoms with Crippen molar-refractivity contribution in [2.45, 2.75) is 26.7 Å². The number of hydrogen-bond acceptors (Lipinski definition) is 4. The van der Waals surface area contributed by atoms with E-state index in [2.05, 4.69) is 18.9 Å². The minimum absolute atomic E-state index is 0.0607. The van der Waals surface area contributed by atoms with Gasteiger partial charge < -0.3 is 0 Å². The van der Waals surface area contributed by atoms with Crippen LogP contribution < -0.4 is 0 Å². The fourth-order valence-corrected chi connectivity index (χ4v) is 2.43. The Labute approximate surface area is 110 Å². The van der Waals surface area contributed by atoms with Gasteiger partial charge in [0.2, 0.25) is 0 Å². The summed E-state index contributed by atoms with van der Waals surface area (Å²) in [5.74, 6) is 0.139. The maximum Gasteiger partial charge on any atom is 0.250 e. The molecular weight excluding hydrogens is 248 g/mol. The first-order valence-electron chi connectivity index (χ1n) is 6.04. The second-order valence-corrected chi connectivity index (χ2v) is 5.67. The highest BCUT2D eigenvalue weighted by molar-refractivity contribution is 7.13. The zero-order chi connectivity index (χ0) is 13.1. The number of hydrogen-bond donors (Lipinski definition) is 0. The maximum absolute atomic E-state index is 11.8. The average Bonchev–Trinajstić information content (AvgIpc) is 2.81. The molecule has 0 unspecified atom stereocenters. The van der Waals surface area contributed by atoms with E-state index in [0.29, 0.717) is 18.2 Å². The predicted octanol–water partition coefficient (Wildman–Crippen LogP) is 2.30. The van der Waals surface area contributed by atoms with Crippen LogP contribution in [0.4, 0.5) is 0 Å². The van der Waals surface area contributed by atoms with Gasteiger partial charge in [0, 0.05) is 6.54 Å². The smallest absolute Gasteiger partial charge is 0.250 e. The van der Waals surface area contributed by atoms with Crippen LogP contribution in [0.1, 0.15) is 31.6 Å². The third-order valence-corrected chi connectivity index (χ3v) is 3.63. The third kappa shape index (κ3) is 2.85. The van der Waals surface area contributed by atoms with Crippen LogP contribution in [0, 0.1) is 5.92 Å². The number of nitrogens with zero attached hydrogens (tertiary/aromatic N) is 2. The summed E-state index contributed by atoms with van der Waals surface area (Å²) >= 11 is 1.47. The molecule has 0 saturated heterocycles. The highest BCUT2D eigenvalue weighted by Crippen LogP contribution is 2.17. The number of carbonyl (C=O) groups excluding carboxylic acids is 2. The molecule has 0 radical (unpaired) electrons. The Morgan fingerprint density at radius 2 is 2.22 bits per heavy atom. The summed E-state index contributed by atoms with van der Waals surface area (Å²) in [7, 11) is 0. The molecule has 0 atom stereocenters. The monoisotopic (exact) mass is 264 g/mol. The zero-order valence-electron chi connectivity index (χ0n) is 10.5. The molecule has 5 heteroatoms. The van der Waals surface area contributed by atoms with Crippen LogP contribution >= 0.6 is 11.3 Å². The summed E-state index contributed by atoms with van der Waals surface area (Å²) in [5.41, 5.74) is 0.424. The van der Waals surface area contributed by atoms with Gasteiger partial charge in [0.05, 0.1) is 11.3 Å². The van der Waals surface area contributed by atoms with Gasteiger partial charge in [-0.3, -0.25) is 9.59 Å². The van der Waals surface area contributed by atoms with Crippen molar-refractivity contribution in [3.05, 3.63) is 22.4 Å². The Morgan fingerprint density at radius 3 is 2.83 bits per heavy atom. The van der Waals surface area contributed by atoms with Crippen molar-refractivity contribution < 1.29 is 9.59 Å². The Morgan fingerprint density at radius 1 is 1.44 bits per heavy atom. The van der Waals surface area contributed by atoms with Crippen LogP contribution in [0.2, 0.25) is 0 Å². The highest BCUT2D eigenvalue weighted by Gasteiger charge is 2.28. The van der Waals surface area contributed by atoms with E-state index < -0.39 is 0 Å². The Kier molecular flexibility index (Phi) is 3.91. The molecule has 1 aliphatic rings. The van der Waals surface area contributed by atoms with Gasteiger partial charge in [0.15, 0.2) is 5.78 Å². The molecule has 0 aliphatic carbocycles. The Bertz CT molecular complexity index is 477. The maximum atomic E-state index is 11.8. The minimum atomic E-state index is -0.194. The SMILES string of the molecule is CC(C)CCN1N=C(c2cccs2)C(=O)CC1=O. The van der Waals surface area contributed by atoms with E-state index in [9.17, 15) is 9.59 Å². The molecule has 0 saturated carbocycles. The van der Waals surface area contributed by atoms with Crippen LogP contribution in [0.5, 0.6) is 0 Å². The topological polar surface area (TPSA) is 49.7 Å². The highest BCUT2D eigenvalue weighted by atomic mass is 32.1. The minimum Gasteiger partial charge on any atom is -0.292 e. The number of Topliss-reactive ketones (excluding diaryl/α,β-unsaturated/α-hetero) is 1. The van der Waals surface area contributed by atoms with E-state index in [1.807, 2.05) is 17.5 Å². The Balaban J connectivity index is 2.20. The van der Waals surface area contributed by atoms with E-state index in [-0.39, 0.29) is 18.1 Å². The van der Waals surface area contributed by atoms with E-state index in [1.165, 1.54) is 16.3 Å². The first-order valence-corrected chi connectivity index (χ1v) is 6.92. The lowest BCUT2D eigenvalue weighted by Gasteiger charge is -2.23. The molecule has 1 aromatic heterocycles. The van der Waals surface area contributed by atoms with Gasteiger partial charge in [0.25, 0.3) is 5.91 Å². The number of ketones is 1. The molecular formula is C13H16N2O2S. The van der Waals surface area contributed by atoms with Crippen molar-refractivity contribution in [2.75, 3.05) is 6.54 Å². The van der Waals surface area contributed by atoms with Crippen molar-refractivity contribution in [1.29, 1.82) is 0 Å².